The number of esters is 2. The summed E-state index contributed by atoms with van der Waals surface area (Å²) in [5, 5.41) is 2.81. The monoisotopic (exact) mass is 617 g/mol. The van der Waals surface area contributed by atoms with Crippen molar-refractivity contribution in [3.8, 4) is 0 Å². The Morgan fingerprint density at radius 1 is 0.591 bits per heavy atom. The van der Waals surface area contributed by atoms with Crippen LogP contribution >= 0.6 is 0 Å². The molecule has 252 valence electrons. The lowest BCUT2D eigenvalue weighted by Gasteiger charge is -2.17. The summed E-state index contributed by atoms with van der Waals surface area (Å²) in [6.45, 7) is 5.73. The van der Waals surface area contributed by atoms with Crippen molar-refractivity contribution < 1.29 is 28.4 Å². The third-order valence-corrected chi connectivity index (χ3v) is 8.13. The van der Waals surface area contributed by atoms with Crippen LogP contribution in [0.1, 0.15) is 162 Å². The Morgan fingerprint density at radius 3 is 1.55 bits per heavy atom. The second-order valence-corrected chi connectivity index (χ2v) is 12.3. The summed E-state index contributed by atoms with van der Waals surface area (Å²) >= 11 is 0. The van der Waals surface area contributed by atoms with Gasteiger partial charge >= 0.3 is 11.9 Å². The molecule has 0 aliphatic rings. The highest BCUT2D eigenvalue weighted by Gasteiger charge is 2.24. The van der Waals surface area contributed by atoms with Crippen LogP contribution in [0.25, 0.3) is 0 Å². The molecule has 1 heterocycles. The van der Waals surface area contributed by atoms with E-state index >= 15 is 0 Å². The quantitative estimate of drug-likeness (QED) is 0.0531. The van der Waals surface area contributed by atoms with E-state index in [1.54, 1.807) is 0 Å². The van der Waals surface area contributed by atoms with Crippen LogP contribution < -0.4 is 9.88 Å². The SMILES string of the molecule is CCCCCCCCCCCCOC(=O)CCC(NC(=O)CC[n+]1ccccc1)C(=O)OCCCCCCCCCCCC. The predicted octanol–water partition coefficient (Wildman–Crippen LogP) is 8.56. The minimum Gasteiger partial charge on any atom is -0.466 e. The maximum Gasteiger partial charge on any atom is 0.328 e. The summed E-state index contributed by atoms with van der Waals surface area (Å²) in [7, 11) is 0. The summed E-state index contributed by atoms with van der Waals surface area (Å²) in [5.74, 6) is -1.03. The molecule has 0 radical (unpaired) electrons. The summed E-state index contributed by atoms with van der Waals surface area (Å²) in [6.07, 6.45) is 28.6. The van der Waals surface area contributed by atoms with Gasteiger partial charge in [0, 0.05) is 18.6 Å². The zero-order valence-corrected chi connectivity index (χ0v) is 28.3. The molecule has 44 heavy (non-hydrogen) atoms. The van der Waals surface area contributed by atoms with E-state index in [0.29, 0.717) is 19.8 Å². The van der Waals surface area contributed by atoms with E-state index < -0.39 is 12.0 Å². The average molecular weight is 618 g/mol. The molecule has 0 aliphatic carbocycles. The van der Waals surface area contributed by atoms with Gasteiger partial charge in [0.2, 0.25) is 5.91 Å². The van der Waals surface area contributed by atoms with Gasteiger partial charge in [0.1, 0.15) is 6.04 Å². The van der Waals surface area contributed by atoms with Crippen LogP contribution in [0.15, 0.2) is 30.6 Å². The highest BCUT2D eigenvalue weighted by atomic mass is 16.5. The molecule has 1 amide bonds. The van der Waals surface area contributed by atoms with Gasteiger partial charge in [0.25, 0.3) is 0 Å². The van der Waals surface area contributed by atoms with Gasteiger partial charge in [-0.1, -0.05) is 135 Å². The molecule has 1 unspecified atom stereocenters. The molecule has 7 nitrogen and oxygen atoms in total. The van der Waals surface area contributed by atoms with Crippen LogP contribution in [-0.2, 0) is 30.4 Å². The Morgan fingerprint density at radius 2 is 1.05 bits per heavy atom. The van der Waals surface area contributed by atoms with Crippen molar-refractivity contribution in [2.24, 2.45) is 0 Å². The largest absolute Gasteiger partial charge is 0.466 e. The van der Waals surface area contributed by atoms with Crippen LogP contribution in [0.5, 0.6) is 0 Å². The van der Waals surface area contributed by atoms with Crippen LogP contribution in [0.4, 0.5) is 0 Å². The average Bonchev–Trinajstić information content (AvgIpc) is 3.03. The molecule has 0 bridgehead atoms. The lowest BCUT2D eigenvalue weighted by molar-refractivity contribution is -0.695. The van der Waals surface area contributed by atoms with Crippen molar-refractivity contribution in [2.75, 3.05) is 13.2 Å². The van der Waals surface area contributed by atoms with Crippen LogP contribution in [0.2, 0.25) is 0 Å². The molecule has 1 aromatic heterocycles. The van der Waals surface area contributed by atoms with Crippen molar-refractivity contribution in [1.29, 1.82) is 0 Å². The van der Waals surface area contributed by atoms with Crippen molar-refractivity contribution in [2.45, 2.75) is 174 Å². The van der Waals surface area contributed by atoms with Gasteiger partial charge in [-0.3, -0.25) is 9.59 Å². The van der Waals surface area contributed by atoms with Gasteiger partial charge in [0.05, 0.1) is 19.6 Å². The fraction of sp³-hybridized carbons (Fsp3) is 0.784. The lowest BCUT2D eigenvalue weighted by atomic mass is 10.1. The fourth-order valence-corrected chi connectivity index (χ4v) is 5.30. The third kappa shape index (κ3) is 23.9. The number of aromatic nitrogens is 1. The second-order valence-electron chi connectivity index (χ2n) is 12.3. The maximum atomic E-state index is 12.9. The number of nitrogens with zero attached hydrogens (tertiary/aromatic N) is 1. The number of aryl methyl sites for hydroxylation is 1. The first-order chi connectivity index (χ1) is 21.6. The normalized spacial score (nSPS) is 11.7. The van der Waals surface area contributed by atoms with E-state index in [2.05, 4.69) is 19.2 Å². The van der Waals surface area contributed by atoms with E-state index in [-0.39, 0.29) is 31.1 Å². The summed E-state index contributed by atoms with van der Waals surface area (Å²) < 4.78 is 12.9. The number of carbonyl (C=O) groups is 3. The van der Waals surface area contributed by atoms with Crippen molar-refractivity contribution in [3.63, 3.8) is 0 Å². The number of hydrogen-bond donors (Lipinski definition) is 1. The molecule has 1 atom stereocenters. The molecule has 1 N–H and O–H groups in total. The van der Waals surface area contributed by atoms with E-state index in [1.807, 2.05) is 35.2 Å². The van der Waals surface area contributed by atoms with E-state index in [0.717, 1.165) is 32.1 Å². The molecule has 0 aromatic carbocycles. The van der Waals surface area contributed by atoms with Gasteiger partial charge in [-0.05, 0) is 19.3 Å². The Kier molecular flexibility index (Phi) is 26.3. The molecule has 0 saturated carbocycles. The standard InChI is InChI=1S/C37H64N2O5/c1-3-5-7-9-11-13-15-17-19-24-32-43-36(41)27-26-34(38-35(40)28-31-39-29-22-21-23-30-39)37(42)44-33-25-20-18-16-14-12-10-8-6-4-2/h21-23,29-30,34H,3-20,24-28,31-33H2,1-2H3/p+1. The van der Waals surface area contributed by atoms with Crippen molar-refractivity contribution in [1.82, 2.24) is 5.32 Å². The number of hydrogen-bond acceptors (Lipinski definition) is 5. The number of unbranched alkanes of at least 4 members (excludes halogenated alkanes) is 18. The van der Waals surface area contributed by atoms with Crippen molar-refractivity contribution >= 4 is 17.8 Å². The Hall–Kier alpha value is -2.44. The Balaban J connectivity index is 2.32. The smallest absolute Gasteiger partial charge is 0.328 e. The first kappa shape index (κ1) is 39.6. The molecule has 0 aliphatic heterocycles. The molecule has 0 saturated heterocycles. The van der Waals surface area contributed by atoms with Crippen LogP contribution in [-0.4, -0.2) is 37.1 Å². The second kappa shape index (κ2) is 29.3. The third-order valence-electron chi connectivity index (χ3n) is 8.13. The van der Waals surface area contributed by atoms with Gasteiger partial charge in [-0.15, -0.1) is 0 Å². The number of pyridine rings is 1. The number of ether oxygens (including phenoxy) is 2. The van der Waals surface area contributed by atoms with E-state index in [9.17, 15) is 14.4 Å². The number of carbonyl (C=O) groups excluding carboxylic acids is 3. The molecular formula is C37H65N2O5+. The highest BCUT2D eigenvalue weighted by molar-refractivity contribution is 5.84. The van der Waals surface area contributed by atoms with Gasteiger partial charge in [-0.2, -0.15) is 0 Å². The fourth-order valence-electron chi connectivity index (χ4n) is 5.30. The Bertz CT molecular complexity index is 832. The first-order valence-electron chi connectivity index (χ1n) is 18.1. The zero-order valence-electron chi connectivity index (χ0n) is 28.3. The van der Waals surface area contributed by atoms with Gasteiger partial charge in [0.15, 0.2) is 18.9 Å². The van der Waals surface area contributed by atoms with E-state index in [1.165, 1.54) is 96.3 Å². The topological polar surface area (TPSA) is 85.6 Å². The first-order valence-corrected chi connectivity index (χ1v) is 18.1. The number of amides is 1. The number of rotatable bonds is 30. The van der Waals surface area contributed by atoms with Crippen LogP contribution in [0.3, 0.4) is 0 Å². The molecule has 0 spiro atoms. The zero-order chi connectivity index (χ0) is 31.9. The van der Waals surface area contributed by atoms with Crippen molar-refractivity contribution in [3.05, 3.63) is 30.6 Å². The lowest BCUT2D eigenvalue weighted by Crippen LogP contribution is -2.44. The number of nitrogens with one attached hydrogen (secondary N) is 1. The summed E-state index contributed by atoms with van der Waals surface area (Å²) in [5.41, 5.74) is 0. The van der Waals surface area contributed by atoms with Crippen LogP contribution in [0, 0.1) is 0 Å². The predicted molar refractivity (Wildman–Crippen MR) is 178 cm³/mol. The Labute approximate surface area is 269 Å². The van der Waals surface area contributed by atoms with E-state index in [4.69, 9.17) is 9.47 Å². The van der Waals surface area contributed by atoms with Gasteiger partial charge in [-0.25, -0.2) is 9.36 Å². The summed E-state index contributed by atoms with van der Waals surface area (Å²) in [6, 6.07) is 4.89. The molecule has 1 rings (SSSR count). The minimum atomic E-state index is -0.851. The molecule has 1 aromatic rings. The minimum absolute atomic E-state index is 0.0729. The molecular weight excluding hydrogens is 552 g/mol. The highest BCUT2D eigenvalue weighted by Crippen LogP contribution is 2.12. The summed E-state index contributed by atoms with van der Waals surface area (Å²) in [4.78, 5) is 38.0. The molecule has 0 fully saturated rings. The van der Waals surface area contributed by atoms with Gasteiger partial charge < -0.3 is 14.8 Å². The molecule has 7 heteroatoms. The maximum absolute atomic E-state index is 12.9.